The maximum Gasteiger partial charge on any atom is 0.282 e. The maximum atomic E-state index is 13.7. The van der Waals surface area contributed by atoms with E-state index in [2.05, 4.69) is 37.0 Å². The van der Waals surface area contributed by atoms with E-state index in [4.69, 9.17) is 53.7 Å². The number of fused-ring (bicyclic) bond motifs is 2. The molecule has 0 atom stereocenters. The van der Waals surface area contributed by atoms with Gasteiger partial charge >= 0.3 is 0 Å². The second-order valence-electron chi connectivity index (χ2n) is 9.49. The van der Waals surface area contributed by atoms with Gasteiger partial charge in [-0.15, -0.1) is 0 Å². The van der Waals surface area contributed by atoms with Crippen LogP contribution in [-0.4, -0.2) is 22.5 Å². The summed E-state index contributed by atoms with van der Waals surface area (Å²) in [5, 5.41) is 7.07. The number of aromatic nitrogens is 2. The number of furan rings is 1. The van der Waals surface area contributed by atoms with Gasteiger partial charge in [0.25, 0.3) is 5.56 Å². The molecule has 0 radical (unpaired) electrons. The molecule has 6 aromatic rings. The Morgan fingerprint density at radius 1 is 1.00 bits per heavy atom. The van der Waals surface area contributed by atoms with Gasteiger partial charge in [-0.2, -0.15) is 9.78 Å². The third-order valence-corrected chi connectivity index (χ3v) is 9.13. The molecule has 0 spiro atoms. The summed E-state index contributed by atoms with van der Waals surface area (Å²) >= 11 is 26.2. The van der Waals surface area contributed by atoms with Crippen molar-refractivity contribution >= 4 is 94.7 Å². The molecule has 0 bridgehead atoms. The van der Waals surface area contributed by atoms with Crippen molar-refractivity contribution in [2.24, 2.45) is 5.10 Å². The van der Waals surface area contributed by atoms with Gasteiger partial charge in [0.1, 0.15) is 17.2 Å². The normalized spacial score (nSPS) is 11.6. The summed E-state index contributed by atoms with van der Waals surface area (Å²) in [6, 6.07) is 21.4. The molecule has 0 aliphatic rings. The third kappa shape index (κ3) is 6.12. The van der Waals surface area contributed by atoms with Gasteiger partial charge in [0, 0.05) is 35.5 Å². The highest BCUT2D eigenvalue weighted by atomic mass is 79.9. The van der Waals surface area contributed by atoms with Gasteiger partial charge in [-0.1, -0.05) is 68.9 Å². The summed E-state index contributed by atoms with van der Waals surface area (Å²) in [6.45, 7) is 2.33. The predicted octanol–water partition coefficient (Wildman–Crippen LogP) is 10.2. The van der Waals surface area contributed by atoms with Gasteiger partial charge in [-0.25, -0.2) is 4.98 Å². The van der Waals surface area contributed by atoms with Gasteiger partial charge in [-0.3, -0.25) is 4.79 Å². The summed E-state index contributed by atoms with van der Waals surface area (Å²) in [7, 11) is 0. The second-order valence-corrected chi connectivity index (χ2v) is 12.4. The second kappa shape index (κ2) is 12.9. The monoisotopic (exact) mass is 773 g/mol. The van der Waals surface area contributed by atoms with Gasteiger partial charge < -0.3 is 13.9 Å². The fourth-order valence-corrected chi connectivity index (χ4v) is 6.01. The van der Waals surface area contributed by atoms with Crippen LogP contribution in [0.15, 0.2) is 96.1 Å². The Labute approximate surface area is 283 Å². The molecule has 4 aromatic carbocycles. The molecule has 0 N–H and O–H groups in total. The van der Waals surface area contributed by atoms with Crippen molar-refractivity contribution in [1.29, 1.82) is 0 Å². The molecule has 12 heteroatoms. The number of benzene rings is 4. The fourth-order valence-electron chi connectivity index (χ4n) is 4.52. The van der Waals surface area contributed by atoms with E-state index >= 15 is 0 Å². The lowest BCUT2D eigenvalue weighted by Crippen LogP contribution is -2.20. The highest BCUT2D eigenvalue weighted by Crippen LogP contribution is 2.43. The molecule has 2 aromatic heterocycles. The summed E-state index contributed by atoms with van der Waals surface area (Å²) in [5.41, 5.74) is 2.06. The van der Waals surface area contributed by atoms with Crippen LogP contribution in [0.1, 0.15) is 18.1 Å². The molecule has 2 heterocycles. The van der Waals surface area contributed by atoms with Crippen molar-refractivity contribution in [3.05, 3.63) is 118 Å². The molecule has 0 aliphatic heterocycles. The van der Waals surface area contributed by atoms with E-state index < -0.39 is 0 Å². The Balaban J connectivity index is 1.43. The van der Waals surface area contributed by atoms with Gasteiger partial charge in [-0.05, 0) is 77.5 Å². The maximum absolute atomic E-state index is 13.7. The number of nitrogens with zero attached hydrogens (tertiary/aromatic N) is 3. The number of hydrogen-bond donors (Lipinski definition) is 0. The van der Waals surface area contributed by atoms with Crippen LogP contribution in [0.25, 0.3) is 33.5 Å². The number of para-hydroxylation sites is 1. The SMILES string of the molecule is CCOc1cc(C=Nn2c(-c3cc4cc(Br)ccc4o3)nc3ccccc3c2=O)c(Br)c(Cl)c1OCc1ccc(Cl)cc1Cl. The summed E-state index contributed by atoms with van der Waals surface area (Å²) in [6.07, 6.45) is 1.50. The molecule has 0 fully saturated rings. The van der Waals surface area contributed by atoms with Gasteiger partial charge in [0.15, 0.2) is 17.3 Å². The minimum absolute atomic E-state index is 0.130. The van der Waals surface area contributed by atoms with Crippen LogP contribution in [0, 0.1) is 0 Å². The van der Waals surface area contributed by atoms with E-state index in [1.807, 2.05) is 37.3 Å². The third-order valence-electron chi connectivity index (χ3n) is 6.61. The van der Waals surface area contributed by atoms with E-state index in [1.54, 1.807) is 42.5 Å². The average molecular weight is 777 g/mol. The number of hydrogen-bond acceptors (Lipinski definition) is 6. The molecule has 0 aliphatic carbocycles. The molecule has 0 saturated heterocycles. The Hall–Kier alpha value is -3.34. The highest BCUT2D eigenvalue weighted by molar-refractivity contribution is 9.10. The van der Waals surface area contributed by atoms with Crippen molar-refractivity contribution in [1.82, 2.24) is 9.66 Å². The summed E-state index contributed by atoms with van der Waals surface area (Å²) in [5.74, 6) is 1.33. The zero-order chi connectivity index (χ0) is 31.0. The number of rotatable bonds is 8. The first kappa shape index (κ1) is 30.7. The topological polar surface area (TPSA) is 78.9 Å². The van der Waals surface area contributed by atoms with Crippen LogP contribution in [0.3, 0.4) is 0 Å². The minimum Gasteiger partial charge on any atom is -0.490 e. The van der Waals surface area contributed by atoms with Crippen molar-refractivity contribution in [2.75, 3.05) is 6.61 Å². The van der Waals surface area contributed by atoms with Crippen LogP contribution >= 0.6 is 66.7 Å². The Kier molecular flexibility index (Phi) is 9.03. The van der Waals surface area contributed by atoms with Crippen LogP contribution in [0.5, 0.6) is 11.5 Å². The van der Waals surface area contributed by atoms with Crippen molar-refractivity contribution in [3.63, 3.8) is 0 Å². The first-order chi connectivity index (χ1) is 21.2. The number of ether oxygens (including phenoxy) is 2. The first-order valence-corrected chi connectivity index (χ1v) is 15.9. The molecular weight excluding hydrogens is 757 g/mol. The van der Waals surface area contributed by atoms with Crippen LogP contribution in [0.2, 0.25) is 15.1 Å². The Morgan fingerprint density at radius 2 is 1.82 bits per heavy atom. The van der Waals surface area contributed by atoms with E-state index in [0.717, 1.165) is 15.4 Å². The lowest BCUT2D eigenvalue weighted by Gasteiger charge is -2.16. The van der Waals surface area contributed by atoms with Gasteiger partial charge in [0.05, 0.1) is 23.7 Å². The van der Waals surface area contributed by atoms with Crippen LogP contribution < -0.4 is 15.0 Å². The molecular formula is C32H20Br2Cl3N3O4. The van der Waals surface area contributed by atoms with E-state index in [1.165, 1.54) is 10.9 Å². The molecule has 222 valence electrons. The quantitative estimate of drug-likeness (QED) is 0.144. The Morgan fingerprint density at radius 3 is 2.61 bits per heavy atom. The lowest BCUT2D eigenvalue weighted by atomic mass is 10.2. The Bertz CT molecular complexity index is 2150. The predicted molar refractivity (Wildman–Crippen MR) is 183 cm³/mol. The van der Waals surface area contributed by atoms with E-state index in [-0.39, 0.29) is 23.0 Å². The zero-order valence-corrected chi connectivity index (χ0v) is 28.2. The van der Waals surface area contributed by atoms with Crippen LogP contribution in [0.4, 0.5) is 0 Å². The molecule has 6 rings (SSSR count). The largest absolute Gasteiger partial charge is 0.490 e. The molecule has 0 saturated carbocycles. The van der Waals surface area contributed by atoms with Crippen LogP contribution in [-0.2, 0) is 6.61 Å². The number of halogens is 5. The molecule has 0 unspecified atom stereocenters. The summed E-state index contributed by atoms with van der Waals surface area (Å²) < 4.78 is 20.6. The molecule has 7 nitrogen and oxygen atoms in total. The van der Waals surface area contributed by atoms with E-state index in [0.29, 0.717) is 60.4 Å². The van der Waals surface area contributed by atoms with Crippen molar-refractivity contribution < 1.29 is 13.9 Å². The highest BCUT2D eigenvalue weighted by Gasteiger charge is 2.20. The van der Waals surface area contributed by atoms with Crippen molar-refractivity contribution in [3.8, 4) is 23.1 Å². The first-order valence-electron chi connectivity index (χ1n) is 13.2. The molecule has 44 heavy (non-hydrogen) atoms. The minimum atomic E-state index is -0.365. The molecule has 0 amide bonds. The average Bonchev–Trinajstić information content (AvgIpc) is 3.43. The summed E-state index contributed by atoms with van der Waals surface area (Å²) in [4.78, 5) is 18.5. The van der Waals surface area contributed by atoms with E-state index in [9.17, 15) is 4.79 Å². The lowest BCUT2D eigenvalue weighted by molar-refractivity contribution is 0.269. The van der Waals surface area contributed by atoms with Gasteiger partial charge in [0.2, 0.25) is 5.82 Å². The smallest absolute Gasteiger partial charge is 0.282 e. The van der Waals surface area contributed by atoms with Crippen molar-refractivity contribution in [2.45, 2.75) is 13.5 Å². The zero-order valence-electron chi connectivity index (χ0n) is 22.8. The standard InChI is InChI=1S/C32H20Br2Cl3N3O4/c1-2-42-26-13-19(28(34)29(37)30(26)43-16-17-7-9-21(35)14-23(17)36)15-38-40-31(39-24-6-4-3-5-22(24)32(40)41)27-12-18-11-20(33)8-10-25(18)44-27/h3-15H,2,16H2,1H3. The fraction of sp³-hybridized carbons (Fsp3) is 0.0938.